The summed E-state index contributed by atoms with van der Waals surface area (Å²) in [5.74, 6) is 0.584. The minimum Gasteiger partial charge on any atom is -0.483 e. The predicted octanol–water partition coefficient (Wildman–Crippen LogP) is 3.53. The van der Waals surface area contributed by atoms with Crippen LogP contribution in [0.4, 0.5) is 0 Å². The van der Waals surface area contributed by atoms with E-state index in [1.807, 2.05) is 26.8 Å². The van der Waals surface area contributed by atoms with Crippen LogP contribution >= 0.6 is 0 Å². The van der Waals surface area contributed by atoms with Crippen molar-refractivity contribution in [2.24, 2.45) is 10.7 Å². The third-order valence-electron chi connectivity index (χ3n) is 2.95. The van der Waals surface area contributed by atoms with Crippen LogP contribution in [0, 0.1) is 6.92 Å². The van der Waals surface area contributed by atoms with Crippen molar-refractivity contribution in [1.82, 2.24) is 0 Å². The lowest BCUT2D eigenvalue weighted by molar-refractivity contribution is 0.380. The first kappa shape index (κ1) is 15.4. The molecule has 0 fully saturated rings. The Morgan fingerprint density at radius 2 is 2.05 bits per heavy atom. The third-order valence-corrected chi connectivity index (χ3v) is 2.95. The maximum Gasteiger partial charge on any atom is 0.205 e. The molecule has 3 heteroatoms. The zero-order chi connectivity index (χ0) is 14.4. The largest absolute Gasteiger partial charge is 0.483 e. The fourth-order valence-corrected chi connectivity index (χ4v) is 1.82. The van der Waals surface area contributed by atoms with Crippen molar-refractivity contribution in [2.75, 3.05) is 7.11 Å². The number of rotatable bonds is 4. The Hall–Kier alpha value is -1.61. The van der Waals surface area contributed by atoms with Gasteiger partial charge in [0.2, 0.25) is 5.90 Å². The molecule has 0 bridgehead atoms. The van der Waals surface area contributed by atoms with Gasteiger partial charge in [0.1, 0.15) is 0 Å². The fraction of sp³-hybridized carbons (Fsp3) is 0.438. The maximum atomic E-state index is 6.01. The highest BCUT2D eigenvalue weighted by molar-refractivity contribution is 5.88. The van der Waals surface area contributed by atoms with Crippen LogP contribution in [0.2, 0.25) is 0 Å². The lowest BCUT2D eigenvalue weighted by Crippen LogP contribution is -2.31. The molecule has 0 aromatic heterocycles. The molecular weight excluding hydrogens is 236 g/mol. The second kappa shape index (κ2) is 7.10. The Balaban J connectivity index is 3.24. The van der Waals surface area contributed by atoms with Crippen LogP contribution in [-0.2, 0) is 4.74 Å². The van der Waals surface area contributed by atoms with Crippen molar-refractivity contribution in [3.05, 3.63) is 41.0 Å². The van der Waals surface area contributed by atoms with Gasteiger partial charge in [0.05, 0.1) is 18.8 Å². The summed E-state index contributed by atoms with van der Waals surface area (Å²) in [6.07, 6.45) is 0.802. The number of hydrogen-bond acceptors (Lipinski definition) is 3. The molecule has 0 amide bonds. The van der Waals surface area contributed by atoms with E-state index in [0.717, 1.165) is 23.3 Å². The molecule has 1 rings (SSSR count). The fourth-order valence-electron chi connectivity index (χ4n) is 1.82. The van der Waals surface area contributed by atoms with Crippen molar-refractivity contribution in [1.29, 1.82) is 0 Å². The molecule has 0 aliphatic heterocycles. The molecule has 0 spiro atoms. The Labute approximate surface area is 116 Å². The molecule has 1 unspecified atom stereocenters. The predicted molar refractivity (Wildman–Crippen MR) is 82.2 cm³/mol. The SMILES string of the molecule is CCC(N)C(=NC(=C(C)C)c1cccc(C)c1)OC. The van der Waals surface area contributed by atoms with Crippen molar-refractivity contribution in [3.8, 4) is 0 Å². The van der Waals surface area contributed by atoms with Crippen LogP contribution in [0.25, 0.3) is 5.70 Å². The Morgan fingerprint density at radius 3 is 2.53 bits per heavy atom. The summed E-state index contributed by atoms with van der Waals surface area (Å²) in [6.45, 7) is 8.19. The third kappa shape index (κ3) is 4.21. The zero-order valence-electron chi connectivity index (χ0n) is 12.5. The van der Waals surface area contributed by atoms with Gasteiger partial charge in [-0.3, -0.25) is 0 Å². The van der Waals surface area contributed by atoms with E-state index in [1.165, 1.54) is 5.56 Å². The number of allylic oxidation sites excluding steroid dienone is 1. The minimum absolute atomic E-state index is 0.163. The van der Waals surface area contributed by atoms with Gasteiger partial charge in [0.15, 0.2) is 0 Å². The molecule has 2 N–H and O–H groups in total. The number of benzene rings is 1. The van der Waals surface area contributed by atoms with Gasteiger partial charge in [-0.05, 0) is 38.8 Å². The standard InChI is InChI=1S/C16H24N2O/c1-6-14(17)16(19-5)18-15(11(2)3)13-9-7-8-12(4)10-13/h7-10,14H,6,17H2,1-5H3. The first-order valence-electron chi connectivity index (χ1n) is 6.62. The number of hydrogen-bond donors (Lipinski definition) is 1. The number of ether oxygens (including phenoxy) is 1. The molecule has 1 aromatic carbocycles. The first-order valence-corrected chi connectivity index (χ1v) is 6.62. The van der Waals surface area contributed by atoms with Gasteiger partial charge >= 0.3 is 0 Å². The second-order valence-electron chi connectivity index (χ2n) is 4.89. The Morgan fingerprint density at radius 1 is 1.37 bits per heavy atom. The summed E-state index contributed by atoms with van der Waals surface area (Å²) in [4.78, 5) is 4.63. The number of nitrogens with zero attached hydrogens (tertiary/aromatic N) is 1. The Kier molecular flexibility index (Phi) is 5.77. The number of nitrogens with two attached hydrogens (primary N) is 1. The van der Waals surface area contributed by atoms with Crippen LogP contribution in [0.15, 0.2) is 34.8 Å². The lowest BCUT2D eigenvalue weighted by atomic mass is 10.1. The van der Waals surface area contributed by atoms with Gasteiger partial charge < -0.3 is 10.5 Å². The first-order chi connectivity index (χ1) is 8.99. The van der Waals surface area contributed by atoms with E-state index in [1.54, 1.807) is 7.11 Å². The van der Waals surface area contributed by atoms with Crippen molar-refractivity contribution < 1.29 is 4.74 Å². The quantitative estimate of drug-likeness (QED) is 0.665. The van der Waals surface area contributed by atoms with Gasteiger partial charge in [-0.1, -0.05) is 30.7 Å². The normalized spacial score (nSPS) is 13.1. The molecule has 19 heavy (non-hydrogen) atoms. The van der Waals surface area contributed by atoms with Gasteiger partial charge in [0, 0.05) is 5.56 Å². The molecule has 0 saturated heterocycles. The summed E-state index contributed by atoms with van der Waals surface area (Å²) >= 11 is 0. The maximum absolute atomic E-state index is 6.01. The molecule has 1 aromatic rings. The van der Waals surface area contributed by atoms with E-state index in [-0.39, 0.29) is 6.04 Å². The summed E-state index contributed by atoms with van der Waals surface area (Å²) in [5, 5.41) is 0. The van der Waals surface area contributed by atoms with Crippen LogP contribution in [0.1, 0.15) is 38.3 Å². The second-order valence-corrected chi connectivity index (χ2v) is 4.89. The van der Waals surface area contributed by atoms with E-state index in [2.05, 4.69) is 30.1 Å². The van der Waals surface area contributed by atoms with Gasteiger partial charge in [-0.15, -0.1) is 0 Å². The average molecular weight is 260 g/mol. The van der Waals surface area contributed by atoms with Gasteiger partial charge in [0.25, 0.3) is 0 Å². The summed E-state index contributed by atoms with van der Waals surface area (Å²) in [5.41, 5.74) is 10.4. The van der Waals surface area contributed by atoms with E-state index in [9.17, 15) is 0 Å². The van der Waals surface area contributed by atoms with Gasteiger partial charge in [-0.25, -0.2) is 4.99 Å². The van der Waals surface area contributed by atoms with E-state index in [4.69, 9.17) is 10.5 Å². The molecule has 0 heterocycles. The Bertz CT molecular complexity index is 485. The molecular formula is C16H24N2O. The average Bonchev–Trinajstić information content (AvgIpc) is 2.38. The van der Waals surface area contributed by atoms with Crippen molar-refractivity contribution in [3.63, 3.8) is 0 Å². The van der Waals surface area contributed by atoms with E-state index in [0.29, 0.717) is 5.90 Å². The lowest BCUT2D eigenvalue weighted by Gasteiger charge is -2.14. The van der Waals surface area contributed by atoms with Gasteiger partial charge in [-0.2, -0.15) is 0 Å². The van der Waals surface area contributed by atoms with Crippen LogP contribution in [-0.4, -0.2) is 19.0 Å². The molecule has 104 valence electrons. The molecule has 0 aliphatic rings. The monoisotopic (exact) mass is 260 g/mol. The van der Waals surface area contributed by atoms with E-state index < -0.39 is 0 Å². The number of methoxy groups -OCH3 is 1. The summed E-state index contributed by atoms with van der Waals surface area (Å²) in [7, 11) is 1.62. The highest BCUT2D eigenvalue weighted by Crippen LogP contribution is 2.22. The summed E-state index contributed by atoms with van der Waals surface area (Å²) in [6, 6.07) is 8.13. The zero-order valence-corrected chi connectivity index (χ0v) is 12.5. The van der Waals surface area contributed by atoms with E-state index >= 15 is 0 Å². The number of aryl methyl sites for hydroxylation is 1. The summed E-state index contributed by atoms with van der Waals surface area (Å²) < 4.78 is 5.33. The number of aliphatic imine (C=N–C) groups is 1. The minimum atomic E-state index is -0.163. The molecule has 0 radical (unpaired) electrons. The highest BCUT2D eigenvalue weighted by atomic mass is 16.5. The van der Waals surface area contributed by atoms with Crippen molar-refractivity contribution in [2.45, 2.75) is 40.2 Å². The molecule has 0 saturated carbocycles. The molecule has 0 aliphatic carbocycles. The molecule has 1 atom stereocenters. The highest BCUT2D eigenvalue weighted by Gasteiger charge is 2.12. The topological polar surface area (TPSA) is 47.6 Å². The smallest absolute Gasteiger partial charge is 0.205 e. The van der Waals surface area contributed by atoms with Crippen LogP contribution < -0.4 is 5.73 Å². The molecule has 3 nitrogen and oxygen atoms in total. The van der Waals surface area contributed by atoms with Crippen molar-refractivity contribution >= 4 is 11.6 Å². The van der Waals surface area contributed by atoms with Crippen LogP contribution in [0.3, 0.4) is 0 Å². The van der Waals surface area contributed by atoms with Crippen LogP contribution in [0.5, 0.6) is 0 Å².